The zero-order valence-electron chi connectivity index (χ0n) is 12.0. The highest BCUT2D eigenvalue weighted by molar-refractivity contribution is 5.37. The molecule has 0 saturated heterocycles. The Bertz CT molecular complexity index is 406. The molecule has 2 rings (SSSR count). The van der Waals surface area contributed by atoms with Gasteiger partial charge in [-0.15, -0.1) is 0 Å². The lowest BCUT2D eigenvalue weighted by molar-refractivity contribution is 0.244. The fourth-order valence-electron chi connectivity index (χ4n) is 2.49. The van der Waals surface area contributed by atoms with Crippen LogP contribution in [0.5, 0.6) is 0 Å². The molecule has 0 bridgehead atoms. The van der Waals surface area contributed by atoms with Crippen LogP contribution in [0.2, 0.25) is 0 Å². The van der Waals surface area contributed by atoms with Crippen LogP contribution >= 0.6 is 0 Å². The van der Waals surface area contributed by atoms with Crippen LogP contribution in [0.15, 0.2) is 24.3 Å². The van der Waals surface area contributed by atoms with E-state index in [1.807, 2.05) is 0 Å². The smallest absolute Gasteiger partial charge is 0.0341 e. The van der Waals surface area contributed by atoms with Gasteiger partial charge in [-0.3, -0.25) is 0 Å². The quantitative estimate of drug-likeness (QED) is 0.858. The van der Waals surface area contributed by atoms with Crippen LogP contribution in [-0.2, 0) is 0 Å². The van der Waals surface area contributed by atoms with Gasteiger partial charge in [0.25, 0.3) is 0 Å². The molecule has 1 aromatic carbocycles. The van der Waals surface area contributed by atoms with Crippen LogP contribution < -0.4 is 11.1 Å². The van der Waals surface area contributed by atoms with E-state index in [9.17, 15) is 0 Å². The highest BCUT2D eigenvalue weighted by Gasteiger charge is 2.29. The molecule has 0 fully saturated rings. The fourth-order valence-corrected chi connectivity index (χ4v) is 2.49. The Morgan fingerprint density at radius 1 is 1.28 bits per heavy atom. The van der Waals surface area contributed by atoms with Gasteiger partial charge < -0.3 is 11.1 Å². The molecule has 0 saturated carbocycles. The Hall–Kier alpha value is -0.860. The summed E-state index contributed by atoms with van der Waals surface area (Å²) < 4.78 is 0. The molecular weight excluding hydrogens is 220 g/mol. The Kier molecular flexibility index (Phi) is 3.79. The van der Waals surface area contributed by atoms with Crippen LogP contribution in [0.1, 0.15) is 57.3 Å². The second-order valence-electron chi connectivity index (χ2n) is 6.70. The van der Waals surface area contributed by atoms with Crippen molar-refractivity contribution in [1.29, 1.82) is 0 Å². The van der Waals surface area contributed by atoms with E-state index in [4.69, 9.17) is 5.73 Å². The molecule has 100 valence electrons. The van der Waals surface area contributed by atoms with Crippen molar-refractivity contribution in [2.45, 2.75) is 46.2 Å². The van der Waals surface area contributed by atoms with Gasteiger partial charge in [-0.1, -0.05) is 52.0 Å². The number of hydrogen-bond acceptors (Lipinski definition) is 2. The van der Waals surface area contributed by atoms with Crippen molar-refractivity contribution in [2.24, 2.45) is 17.1 Å². The lowest BCUT2D eigenvalue weighted by atomic mass is 9.82. The second kappa shape index (κ2) is 5.02. The third kappa shape index (κ3) is 2.76. The molecule has 3 N–H and O–H groups in total. The van der Waals surface area contributed by atoms with E-state index in [0.717, 1.165) is 13.0 Å². The fraction of sp³-hybridized carbons (Fsp3) is 0.625. The molecule has 3 atom stereocenters. The second-order valence-corrected chi connectivity index (χ2v) is 6.70. The zero-order valence-corrected chi connectivity index (χ0v) is 12.0. The van der Waals surface area contributed by atoms with E-state index in [2.05, 4.69) is 57.3 Å². The van der Waals surface area contributed by atoms with Crippen molar-refractivity contribution in [2.75, 3.05) is 6.54 Å². The van der Waals surface area contributed by atoms with Gasteiger partial charge in [-0.25, -0.2) is 0 Å². The minimum atomic E-state index is 0.198. The highest BCUT2D eigenvalue weighted by Crippen LogP contribution is 2.37. The standard InChI is InChI=1S/C16H26N2/c1-11(16(2,3)4)10-18-15-9-14(17)12-7-5-6-8-13(12)15/h5-8,11,14-15,18H,9-10,17H2,1-4H3. The molecule has 0 aliphatic heterocycles. The summed E-state index contributed by atoms with van der Waals surface area (Å²) >= 11 is 0. The molecule has 0 aromatic heterocycles. The van der Waals surface area contributed by atoms with Crippen molar-refractivity contribution in [3.63, 3.8) is 0 Å². The largest absolute Gasteiger partial charge is 0.324 e. The van der Waals surface area contributed by atoms with Crippen molar-refractivity contribution in [3.05, 3.63) is 35.4 Å². The van der Waals surface area contributed by atoms with Crippen LogP contribution in [0.4, 0.5) is 0 Å². The average molecular weight is 246 g/mol. The summed E-state index contributed by atoms with van der Waals surface area (Å²) in [6.07, 6.45) is 1.02. The molecule has 0 radical (unpaired) electrons. The number of nitrogens with two attached hydrogens (primary N) is 1. The summed E-state index contributed by atoms with van der Waals surface area (Å²) in [6, 6.07) is 9.19. The highest BCUT2D eigenvalue weighted by atomic mass is 14.9. The first-order valence-corrected chi connectivity index (χ1v) is 6.97. The van der Waals surface area contributed by atoms with Gasteiger partial charge in [0.2, 0.25) is 0 Å². The molecular formula is C16H26N2. The zero-order chi connectivity index (χ0) is 13.3. The van der Waals surface area contributed by atoms with Gasteiger partial charge in [0.05, 0.1) is 0 Å². The van der Waals surface area contributed by atoms with Crippen LogP contribution in [0.25, 0.3) is 0 Å². The van der Waals surface area contributed by atoms with Crippen LogP contribution in [-0.4, -0.2) is 6.54 Å². The molecule has 2 nitrogen and oxygen atoms in total. The van der Waals surface area contributed by atoms with E-state index in [1.54, 1.807) is 0 Å². The van der Waals surface area contributed by atoms with Gasteiger partial charge in [0.15, 0.2) is 0 Å². The lowest BCUT2D eigenvalue weighted by Crippen LogP contribution is -2.31. The van der Waals surface area contributed by atoms with Crippen molar-refractivity contribution >= 4 is 0 Å². The minimum Gasteiger partial charge on any atom is -0.324 e. The third-order valence-electron chi connectivity index (χ3n) is 4.41. The summed E-state index contributed by atoms with van der Waals surface area (Å²) in [5.41, 5.74) is 9.26. The van der Waals surface area contributed by atoms with Crippen molar-refractivity contribution in [3.8, 4) is 0 Å². The molecule has 1 aliphatic rings. The Morgan fingerprint density at radius 3 is 2.50 bits per heavy atom. The first-order chi connectivity index (χ1) is 8.39. The summed E-state index contributed by atoms with van der Waals surface area (Å²) in [4.78, 5) is 0. The van der Waals surface area contributed by atoms with Crippen LogP contribution in [0.3, 0.4) is 0 Å². The molecule has 1 aromatic rings. The van der Waals surface area contributed by atoms with E-state index >= 15 is 0 Å². The average Bonchev–Trinajstić information content (AvgIpc) is 2.63. The van der Waals surface area contributed by atoms with Crippen molar-refractivity contribution < 1.29 is 0 Å². The number of benzene rings is 1. The first-order valence-electron chi connectivity index (χ1n) is 6.97. The predicted molar refractivity (Wildman–Crippen MR) is 77.4 cm³/mol. The van der Waals surface area contributed by atoms with E-state index in [0.29, 0.717) is 17.4 Å². The third-order valence-corrected chi connectivity index (χ3v) is 4.41. The minimum absolute atomic E-state index is 0.198. The first kappa shape index (κ1) is 13.6. The lowest BCUT2D eigenvalue weighted by Gasteiger charge is -2.29. The maximum Gasteiger partial charge on any atom is 0.0341 e. The van der Waals surface area contributed by atoms with E-state index < -0.39 is 0 Å². The number of rotatable bonds is 3. The Balaban J connectivity index is 2.01. The van der Waals surface area contributed by atoms with E-state index in [1.165, 1.54) is 11.1 Å². The summed E-state index contributed by atoms with van der Waals surface area (Å²) in [7, 11) is 0. The van der Waals surface area contributed by atoms with Gasteiger partial charge in [0.1, 0.15) is 0 Å². The Morgan fingerprint density at radius 2 is 1.89 bits per heavy atom. The molecule has 2 heteroatoms. The molecule has 18 heavy (non-hydrogen) atoms. The number of fused-ring (bicyclic) bond motifs is 1. The van der Waals surface area contributed by atoms with Gasteiger partial charge in [-0.05, 0) is 35.4 Å². The molecule has 0 heterocycles. The monoisotopic (exact) mass is 246 g/mol. The number of nitrogens with one attached hydrogen (secondary N) is 1. The predicted octanol–water partition coefficient (Wildman–Crippen LogP) is 3.40. The molecule has 0 spiro atoms. The maximum absolute atomic E-state index is 6.19. The molecule has 0 amide bonds. The van der Waals surface area contributed by atoms with Gasteiger partial charge >= 0.3 is 0 Å². The van der Waals surface area contributed by atoms with Gasteiger partial charge in [-0.2, -0.15) is 0 Å². The topological polar surface area (TPSA) is 38.0 Å². The maximum atomic E-state index is 6.19. The summed E-state index contributed by atoms with van der Waals surface area (Å²) in [5, 5.41) is 3.69. The SMILES string of the molecule is CC(CNC1CC(N)c2ccccc21)C(C)(C)C. The van der Waals surface area contributed by atoms with Crippen LogP contribution in [0, 0.1) is 11.3 Å². The summed E-state index contributed by atoms with van der Waals surface area (Å²) in [6.45, 7) is 10.3. The summed E-state index contributed by atoms with van der Waals surface area (Å²) in [5.74, 6) is 0.654. The van der Waals surface area contributed by atoms with E-state index in [-0.39, 0.29) is 6.04 Å². The van der Waals surface area contributed by atoms with Crippen molar-refractivity contribution in [1.82, 2.24) is 5.32 Å². The normalized spacial score (nSPS) is 24.9. The Labute approximate surface area is 111 Å². The molecule has 3 unspecified atom stereocenters. The molecule has 1 aliphatic carbocycles. The van der Waals surface area contributed by atoms with Gasteiger partial charge in [0, 0.05) is 12.1 Å². The number of hydrogen-bond donors (Lipinski definition) is 2.